The highest BCUT2D eigenvalue weighted by atomic mass is 35.5. The van der Waals surface area contributed by atoms with Crippen molar-refractivity contribution >= 4 is 46.8 Å². The predicted molar refractivity (Wildman–Crippen MR) is 206 cm³/mol. The minimum Gasteiger partial charge on any atom is -0.490 e. The van der Waals surface area contributed by atoms with Crippen molar-refractivity contribution in [2.45, 2.75) is 76.6 Å². The molecule has 13 heteroatoms. The standard InChI is InChI=1S/C43H43ClN6O6/c44-36-19-31(4-1-28(36)20-45)49-24-43(25-49)13-9-33(10-14-43)56-32-5-2-27(3-6-32)40(53)48-15-11-26(12-16-48)21-47-22-29-17-34-35(18-30(29)23-47)42(55)50(41(34)54)37-7-8-38(51)46-39(37)52/h1-6,17-19,26,33,37H,7-16,21-25H2,(H,46,51,52). The summed E-state index contributed by atoms with van der Waals surface area (Å²) < 4.78 is 6.37. The average molecular weight is 775 g/mol. The van der Waals surface area contributed by atoms with E-state index < -0.39 is 29.7 Å². The molecule has 6 aliphatic rings. The van der Waals surface area contributed by atoms with E-state index in [2.05, 4.69) is 21.2 Å². The highest BCUT2D eigenvalue weighted by Crippen LogP contribution is 2.46. The summed E-state index contributed by atoms with van der Waals surface area (Å²) in [5.41, 5.74) is 5.21. The maximum absolute atomic E-state index is 13.5. The van der Waals surface area contributed by atoms with Crippen LogP contribution in [0.4, 0.5) is 5.69 Å². The number of halogens is 1. The van der Waals surface area contributed by atoms with Crippen molar-refractivity contribution in [3.63, 3.8) is 0 Å². The Bertz CT molecular complexity index is 2130. The molecule has 1 N–H and O–H groups in total. The van der Waals surface area contributed by atoms with Crippen LogP contribution in [0.3, 0.4) is 0 Å². The monoisotopic (exact) mass is 774 g/mol. The SMILES string of the molecule is N#Cc1ccc(N2CC3(CCC(Oc4ccc(C(=O)N5CCC(CN6Cc7cc8c(cc7C6)C(=O)N(C6CCC(=O)NC6=O)C8=O)CC5)cc4)CC3)C2)cc1Cl. The number of amides is 5. The molecule has 1 unspecified atom stereocenters. The van der Waals surface area contributed by atoms with E-state index in [-0.39, 0.29) is 24.9 Å². The van der Waals surface area contributed by atoms with E-state index in [1.54, 1.807) is 18.2 Å². The third-order valence-corrected chi connectivity index (χ3v) is 13.2. The van der Waals surface area contributed by atoms with Crippen LogP contribution in [-0.4, -0.2) is 89.1 Å². The molecule has 1 aliphatic carbocycles. The minimum absolute atomic E-state index is 0.0384. The van der Waals surface area contributed by atoms with Crippen LogP contribution in [0.5, 0.6) is 5.75 Å². The third-order valence-electron chi connectivity index (χ3n) is 12.9. The first-order chi connectivity index (χ1) is 27.1. The number of fused-ring (bicyclic) bond motifs is 2. The maximum atomic E-state index is 13.5. The Morgan fingerprint density at radius 2 is 1.54 bits per heavy atom. The van der Waals surface area contributed by atoms with E-state index in [4.69, 9.17) is 21.6 Å². The Hall–Kier alpha value is -5.25. The van der Waals surface area contributed by atoms with Crippen molar-refractivity contribution in [1.82, 2.24) is 20.0 Å². The second kappa shape index (κ2) is 14.4. The van der Waals surface area contributed by atoms with E-state index in [0.717, 1.165) is 85.6 Å². The second-order valence-corrected chi connectivity index (χ2v) is 16.9. The molecule has 3 aromatic rings. The fourth-order valence-electron chi connectivity index (χ4n) is 9.68. The van der Waals surface area contributed by atoms with Gasteiger partial charge >= 0.3 is 0 Å². The van der Waals surface area contributed by atoms with Gasteiger partial charge in [0.15, 0.2) is 0 Å². The number of carbonyl (C=O) groups excluding carboxylic acids is 5. The first kappa shape index (κ1) is 36.4. The van der Waals surface area contributed by atoms with Crippen LogP contribution in [-0.2, 0) is 22.7 Å². The number of rotatable bonds is 7. The van der Waals surface area contributed by atoms with Gasteiger partial charge in [-0.05, 0) is 117 Å². The molecule has 5 heterocycles. The van der Waals surface area contributed by atoms with Crippen molar-refractivity contribution in [2.75, 3.05) is 37.6 Å². The lowest BCUT2D eigenvalue weighted by Gasteiger charge is -2.54. The Morgan fingerprint density at radius 1 is 0.875 bits per heavy atom. The van der Waals surface area contributed by atoms with E-state index in [9.17, 15) is 24.0 Å². The number of anilines is 1. The lowest BCUT2D eigenvalue weighted by molar-refractivity contribution is -0.136. The number of benzene rings is 3. The second-order valence-electron chi connectivity index (χ2n) is 16.5. The molecule has 3 saturated heterocycles. The fraction of sp³-hybridized carbons (Fsp3) is 0.442. The van der Waals surface area contributed by atoms with Crippen LogP contribution in [0.2, 0.25) is 5.02 Å². The lowest BCUT2D eigenvalue weighted by atomic mass is 9.67. The number of hydrogen-bond donors (Lipinski definition) is 1. The molecule has 1 spiro atoms. The molecule has 4 fully saturated rings. The molecule has 12 nitrogen and oxygen atoms in total. The largest absolute Gasteiger partial charge is 0.490 e. The number of nitrogens with one attached hydrogen (secondary N) is 1. The smallest absolute Gasteiger partial charge is 0.262 e. The Labute approximate surface area is 330 Å². The molecule has 3 aromatic carbocycles. The Balaban J connectivity index is 0.717. The number of piperidine rings is 2. The van der Waals surface area contributed by atoms with Gasteiger partial charge in [-0.2, -0.15) is 5.26 Å². The van der Waals surface area contributed by atoms with Crippen LogP contribution in [0.15, 0.2) is 54.6 Å². The van der Waals surface area contributed by atoms with Crippen molar-refractivity contribution in [1.29, 1.82) is 5.26 Å². The van der Waals surface area contributed by atoms with E-state index in [1.165, 1.54) is 0 Å². The summed E-state index contributed by atoms with van der Waals surface area (Å²) in [6.07, 6.45) is 6.38. The van der Waals surface area contributed by atoms with Gasteiger partial charge in [-0.3, -0.25) is 39.1 Å². The summed E-state index contributed by atoms with van der Waals surface area (Å²) in [5.74, 6) is -0.700. The highest BCUT2D eigenvalue weighted by Gasteiger charge is 2.47. The first-order valence-corrected chi connectivity index (χ1v) is 20.0. The number of nitriles is 1. The van der Waals surface area contributed by atoms with E-state index in [0.29, 0.717) is 64.8 Å². The van der Waals surface area contributed by atoms with Gasteiger partial charge in [-0.1, -0.05) is 11.6 Å². The van der Waals surface area contributed by atoms with Crippen LogP contribution in [0.1, 0.15) is 99.1 Å². The van der Waals surface area contributed by atoms with Gasteiger partial charge in [-0.25, -0.2) is 0 Å². The summed E-state index contributed by atoms with van der Waals surface area (Å²) in [5, 5.41) is 11.9. The summed E-state index contributed by atoms with van der Waals surface area (Å²) in [4.78, 5) is 71.7. The molecule has 5 amide bonds. The molecular weight excluding hydrogens is 732 g/mol. The Morgan fingerprint density at radius 3 is 2.14 bits per heavy atom. The zero-order valence-corrected chi connectivity index (χ0v) is 31.9. The van der Waals surface area contributed by atoms with Crippen molar-refractivity contribution in [2.24, 2.45) is 11.3 Å². The van der Waals surface area contributed by atoms with Crippen LogP contribution in [0.25, 0.3) is 0 Å². The summed E-state index contributed by atoms with van der Waals surface area (Å²) in [6, 6.07) is 18.0. The molecule has 56 heavy (non-hydrogen) atoms. The van der Waals surface area contributed by atoms with E-state index >= 15 is 0 Å². The molecular formula is C43H43ClN6O6. The average Bonchev–Trinajstić information content (AvgIpc) is 3.69. The number of nitrogens with zero attached hydrogens (tertiary/aromatic N) is 5. The molecule has 9 rings (SSSR count). The zero-order valence-electron chi connectivity index (χ0n) is 31.1. The van der Waals surface area contributed by atoms with Gasteiger partial charge in [0.25, 0.3) is 17.7 Å². The number of ether oxygens (including phenoxy) is 1. The molecule has 1 atom stereocenters. The number of imide groups is 2. The highest BCUT2D eigenvalue weighted by molar-refractivity contribution is 6.32. The van der Waals surface area contributed by atoms with Crippen molar-refractivity contribution in [3.8, 4) is 11.8 Å². The van der Waals surface area contributed by atoms with Crippen LogP contribution < -0.4 is 15.0 Å². The third kappa shape index (κ3) is 6.71. The van der Waals surface area contributed by atoms with Gasteiger partial charge in [0.2, 0.25) is 11.8 Å². The van der Waals surface area contributed by atoms with E-state index in [1.807, 2.05) is 41.3 Å². The van der Waals surface area contributed by atoms with Crippen molar-refractivity contribution in [3.05, 3.63) is 93.0 Å². The fourth-order valence-corrected chi connectivity index (χ4v) is 9.89. The molecule has 288 valence electrons. The summed E-state index contributed by atoms with van der Waals surface area (Å²) >= 11 is 6.26. The Kier molecular flexibility index (Phi) is 9.33. The molecule has 5 aliphatic heterocycles. The summed E-state index contributed by atoms with van der Waals surface area (Å²) in [6.45, 7) is 5.58. The van der Waals surface area contributed by atoms with Gasteiger partial charge in [-0.15, -0.1) is 0 Å². The van der Waals surface area contributed by atoms with Crippen LogP contribution >= 0.6 is 11.6 Å². The normalized spacial score (nSPS) is 22.5. The predicted octanol–water partition coefficient (Wildman–Crippen LogP) is 5.31. The van der Waals surface area contributed by atoms with Gasteiger partial charge in [0, 0.05) is 68.9 Å². The lowest BCUT2D eigenvalue weighted by Crippen LogP contribution is -2.58. The topological polar surface area (TPSA) is 143 Å². The molecule has 1 saturated carbocycles. The van der Waals surface area contributed by atoms with Crippen LogP contribution in [0, 0.1) is 22.7 Å². The number of carbonyl (C=O) groups is 5. The van der Waals surface area contributed by atoms with Gasteiger partial charge < -0.3 is 14.5 Å². The number of likely N-dealkylation sites (tertiary alicyclic amines) is 1. The van der Waals surface area contributed by atoms with Gasteiger partial charge in [0.1, 0.15) is 17.9 Å². The molecule has 0 bridgehead atoms. The molecule has 0 aromatic heterocycles. The quantitative estimate of drug-likeness (QED) is 0.316. The van der Waals surface area contributed by atoms with Crippen molar-refractivity contribution < 1.29 is 28.7 Å². The molecule has 0 radical (unpaired) electrons. The maximum Gasteiger partial charge on any atom is 0.262 e. The summed E-state index contributed by atoms with van der Waals surface area (Å²) in [7, 11) is 0. The number of hydrogen-bond acceptors (Lipinski definition) is 9. The minimum atomic E-state index is -0.969. The zero-order chi connectivity index (χ0) is 38.7. The first-order valence-electron chi connectivity index (χ1n) is 19.7. The van der Waals surface area contributed by atoms with Gasteiger partial charge in [0.05, 0.1) is 27.8 Å².